The van der Waals surface area contributed by atoms with Crippen LogP contribution in [0.15, 0.2) is 72.0 Å². The van der Waals surface area contributed by atoms with Gasteiger partial charge in [-0.3, -0.25) is 4.98 Å². The first-order chi connectivity index (χ1) is 19.9. The van der Waals surface area contributed by atoms with Crippen LogP contribution in [0.4, 0.5) is 0 Å². The number of carboxylic acids is 1. The van der Waals surface area contributed by atoms with Crippen LogP contribution < -0.4 is 9.47 Å². The number of rotatable bonds is 8. The molecule has 2 fully saturated rings. The van der Waals surface area contributed by atoms with Gasteiger partial charge in [-0.1, -0.05) is 41.1 Å². The first-order valence-corrected chi connectivity index (χ1v) is 14.5. The Bertz CT molecular complexity index is 1480. The molecule has 1 saturated heterocycles. The number of likely N-dealkylation sites (tertiary alicyclic amines) is 1. The molecule has 212 valence electrons. The van der Waals surface area contributed by atoms with Crippen molar-refractivity contribution in [3.05, 3.63) is 99.2 Å². The first-order valence-electron chi connectivity index (χ1n) is 14.1. The monoisotopic (exact) mass is 573 g/mol. The molecule has 0 bridgehead atoms. The summed E-state index contributed by atoms with van der Waals surface area (Å²) in [5.41, 5.74) is 2.74. The number of piperidine rings is 1. The van der Waals surface area contributed by atoms with Crippen LogP contribution in [0.25, 0.3) is 5.57 Å². The quantitative estimate of drug-likeness (QED) is 0.303. The number of pyridine rings is 1. The molecule has 1 N–H and O–H groups in total. The minimum Gasteiger partial charge on any atom is -0.487 e. The third-order valence-electron chi connectivity index (χ3n) is 8.68. The molecule has 9 heteroatoms. The minimum absolute atomic E-state index is 0.345. The molecule has 0 unspecified atom stereocenters. The van der Waals surface area contributed by atoms with Crippen molar-refractivity contribution in [2.75, 3.05) is 19.6 Å². The number of halogens is 1. The van der Waals surface area contributed by atoms with Gasteiger partial charge in [-0.2, -0.15) is 0 Å². The van der Waals surface area contributed by atoms with Crippen molar-refractivity contribution in [2.45, 2.75) is 56.3 Å². The number of hydrogen-bond acceptors (Lipinski definition) is 7. The van der Waals surface area contributed by atoms with Gasteiger partial charge in [-0.15, -0.1) is 4.91 Å². The van der Waals surface area contributed by atoms with Crippen molar-refractivity contribution in [3.63, 3.8) is 0 Å². The van der Waals surface area contributed by atoms with Crippen LogP contribution in [0.2, 0.25) is 5.02 Å². The molecule has 41 heavy (non-hydrogen) atoms. The molecule has 3 aromatic rings. The molecule has 6 rings (SSSR count). The summed E-state index contributed by atoms with van der Waals surface area (Å²) in [5.74, 6) is 0.303. The maximum atomic E-state index is 12.0. The Labute approximate surface area is 243 Å². The summed E-state index contributed by atoms with van der Waals surface area (Å²) in [6.07, 6.45) is 7.89. The molecule has 1 aliphatic carbocycles. The predicted octanol–water partition coefficient (Wildman–Crippen LogP) is 6.59. The van der Waals surface area contributed by atoms with Crippen LogP contribution in [0.5, 0.6) is 11.5 Å². The van der Waals surface area contributed by atoms with Crippen LogP contribution >= 0.6 is 11.6 Å². The Kier molecular flexibility index (Phi) is 7.53. The smallest absolute Gasteiger partial charge is 0.348 e. The Morgan fingerprint density at radius 1 is 1.10 bits per heavy atom. The average molecular weight is 574 g/mol. The van der Waals surface area contributed by atoms with E-state index < -0.39 is 17.1 Å². The normalized spacial score (nSPS) is 20.1. The Hall–Kier alpha value is -3.75. The van der Waals surface area contributed by atoms with Gasteiger partial charge in [0.1, 0.15) is 23.6 Å². The number of benzene rings is 2. The lowest BCUT2D eigenvalue weighted by Crippen LogP contribution is -2.50. The fourth-order valence-electron chi connectivity index (χ4n) is 6.03. The molecule has 3 aliphatic rings. The van der Waals surface area contributed by atoms with Gasteiger partial charge < -0.3 is 19.5 Å². The highest BCUT2D eigenvalue weighted by Gasteiger charge is 2.47. The molecule has 1 saturated carbocycles. The molecular formula is C32H32ClN3O5. The van der Waals surface area contributed by atoms with Crippen LogP contribution in [0, 0.1) is 4.91 Å². The maximum Gasteiger partial charge on any atom is 0.348 e. The van der Waals surface area contributed by atoms with Crippen LogP contribution in [-0.4, -0.2) is 46.2 Å². The summed E-state index contributed by atoms with van der Waals surface area (Å²) in [6.45, 7) is 2.70. The zero-order valence-electron chi connectivity index (χ0n) is 22.7. The summed E-state index contributed by atoms with van der Waals surface area (Å²) in [7, 11) is 0. The second-order valence-electron chi connectivity index (χ2n) is 11.1. The molecule has 0 atom stereocenters. The van der Waals surface area contributed by atoms with E-state index in [0.717, 1.165) is 60.4 Å². The molecule has 2 aromatic carbocycles. The second kappa shape index (κ2) is 11.3. The van der Waals surface area contributed by atoms with E-state index in [1.54, 1.807) is 12.3 Å². The predicted molar refractivity (Wildman–Crippen MR) is 156 cm³/mol. The van der Waals surface area contributed by atoms with Gasteiger partial charge in [0.2, 0.25) is 5.60 Å². The molecule has 2 aliphatic heterocycles. The topological polar surface area (TPSA) is 101 Å². The molecule has 3 heterocycles. The maximum absolute atomic E-state index is 12.0. The van der Waals surface area contributed by atoms with Gasteiger partial charge in [0.15, 0.2) is 0 Å². The fraction of sp³-hybridized carbons (Fsp3) is 0.375. The van der Waals surface area contributed by atoms with Gasteiger partial charge in [-0.25, -0.2) is 4.79 Å². The standard InChI is InChI=1S/C32H32ClN3O5/c33-23-8-6-22(7-9-23)31(35-39)14-18-36(19-15-31)17-2-5-25-26-4-1-16-34-28(26)21-40-29-11-10-24(20-27(25)29)41-32(30(37)38)12-3-13-32/h1,4-11,16,20H,2-3,12-15,17-19,21H2,(H,37,38). The van der Waals surface area contributed by atoms with E-state index in [9.17, 15) is 14.8 Å². The number of carbonyl (C=O) groups is 1. The molecule has 0 radical (unpaired) electrons. The fourth-order valence-corrected chi connectivity index (χ4v) is 6.16. The Balaban J connectivity index is 1.21. The molecular weight excluding hydrogens is 542 g/mol. The van der Waals surface area contributed by atoms with Crippen molar-refractivity contribution in [3.8, 4) is 11.5 Å². The zero-order chi connectivity index (χ0) is 28.5. The van der Waals surface area contributed by atoms with Crippen LogP contribution in [0.1, 0.15) is 60.9 Å². The average Bonchev–Trinajstić information content (AvgIpc) is 3.12. The number of carboxylic acid groups (broad SMARTS) is 1. The van der Waals surface area contributed by atoms with E-state index >= 15 is 0 Å². The summed E-state index contributed by atoms with van der Waals surface area (Å²) >= 11 is 6.05. The number of hydrogen-bond donors (Lipinski definition) is 1. The van der Waals surface area contributed by atoms with Crippen molar-refractivity contribution in [2.24, 2.45) is 5.18 Å². The second-order valence-corrected chi connectivity index (χ2v) is 11.5. The number of nitroso groups, excluding NO2 is 1. The summed E-state index contributed by atoms with van der Waals surface area (Å²) < 4.78 is 12.2. The number of fused-ring (bicyclic) bond motifs is 2. The zero-order valence-corrected chi connectivity index (χ0v) is 23.5. The van der Waals surface area contributed by atoms with Crippen LogP contribution in [-0.2, 0) is 16.9 Å². The summed E-state index contributed by atoms with van der Waals surface area (Å²) in [6, 6.07) is 16.9. The number of aliphatic carboxylic acids is 1. The molecule has 0 spiro atoms. The van der Waals surface area contributed by atoms with Gasteiger partial charge in [0.05, 0.1) is 5.69 Å². The Morgan fingerprint density at radius 3 is 2.56 bits per heavy atom. The number of aromatic nitrogens is 1. The number of ether oxygens (including phenoxy) is 2. The SMILES string of the molecule is O=NC1(c2ccc(Cl)cc2)CCN(CCC=C2c3cc(OC4(C(=O)O)CCC4)ccc3OCc3ncccc32)CC1. The van der Waals surface area contributed by atoms with Crippen molar-refractivity contribution < 1.29 is 19.4 Å². The number of nitrogens with zero attached hydrogens (tertiary/aromatic N) is 3. The van der Waals surface area contributed by atoms with E-state index in [0.29, 0.717) is 48.8 Å². The highest BCUT2D eigenvalue weighted by atomic mass is 35.5. The summed E-state index contributed by atoms with van der Waals surface area (Å²) in [5, 5.41) is 14.0. The molecule has 0 amide bonds. The van der Waals surface area contributed by atoms with E-state index in [1.165, 1.54) is 0 Å². The van der Waals surface area contributed by atoms with E-state index in [4.69, 9.17) is 21.1 Å². The van der Waals surface area contributed by atoms with Gasteiger partial charge in [-0.05, 0) is 86.1 Å². The Morgan fingerprint density at radius 2 is 1.88 bits per heavy atom. The lowest BCUT2D eigenvalue weighted by Gasteiger charge is -2.37. The van der Waals surface area contributed by atoms with E-state index in [-0.39, 0.29) is 0 Å². The summed E-state index contributed by atoms with van der Waals surface area (Å²) in [4.78, 5) is 30.8. The lowest BCUT2D eigenvalue weighted by molar-refractivity contribution is -0.163. The highest BCUT2D eigenvalue weighted by molar-refractivity contribution is 6.30. The van der Waals surface area contributed by atoms with Crippen molar-refractivity contribution in [1.29, 1.82) is 0 Å². The van der Waals surface area contributed by atoms with Crippen LogP contribution in [0.3, 0.4) is 0 Å². The van der Waals surface area contributed by atoms with Gasteiger partial charge in [0, 0.05) is 42.0 Å². The van der Waals surface area contributed by atoms with Crippen molar-refractivity contribution >= 4 is 23.1 Å². The first kappa shape index (κ1) is 27.4. The van der Waals surface area contributed by atoms with Crippen molar-refractivity contribution in [1.82, 2.24) is 9.88 Å². The lowest BCUT2D eigenvalue weighted by atomic mass is 9.80. The third-order valence-corrected chi connectivity index (χ3v) is 8.94. The minimum atomic E-state index is -1.16. The van der Waals surface area contributed by atoms with E-state index in [2.05, 4.69) is 21.1 Å². The van der Waals surface area contributed by atoms with Gasteiger partial charge in [0.25, 0.3) is 0 Å². The van der Waals surface area contributed by atoms with E-state index in [1.807, 2.05) is 48.5 Å². The highest BCUT2D eigenvalue weighted by Crippen LogP contribution is 2.42. The largest absolute Gasteiger partial charge is 0.487 e. The third kappa shape index (κ3) is 5.34. The molecule has 8 nitrogen and oxygen atoms in total. The molecule has 1 aromatic heterocycles. The van der Waals surface area contributed by atoms with Gasteiger partial charge >= 0.3 is 5.97 Å².